The summed E-state index contributed by atoms with van der Waals surface area (Å²) >= 11 is 0. The molecule has 0 aliphatic rings. The van der Waals surface area contributed by atoms with Gasteiger partial charge < -0.3 is 10.5 Å². The molecule has 0 atom stereocenters. The van der Waals surface area contributed by atoms with Crippen LogP contribution in [0.3, 0.4) is 0 Å². The van der Waals surface area contributed by atoms with Crippen molar-refractivity contribution in [3.63, 3.8) is 0 Å². The minimum atomic E-state index is 0.117. The van der Waals surface area contributed by atoms with Crippen molar-refractivity contribution in [1.29, 1.82) is 5.41 Å². The van der Waals surface area contributed by atoms with E-state index in [9.17, 15) is 0 Å². The van der Waals surface area contributed by atoms with Crippen LogP contribution in [0, 0.1) is 5.41 Å². The van der Waals surface area contributed by atoms with E-state index in [1.54, 1.807) is 6.20 Å². The molecule has 4 heteroatoms. The molecule has 4 nitrogen and oxygen atoms in total. The average Bonchev–Trinajstić information content (AvgIpc) is 2.46. The average molecular weight is 255 g/mol. The summed E-state index contributed by atoms with van der Waals surface area (Å²) in [5.74, 6) is 0.117. The maximum absolute atomic E-state index is 7.72. The van der Waals surface area contributed by atoms with Crippen LogP contribution in [0.2, 0.25) is 0 Å². The normalized spacial score (nSPS) is 10.2. The quantitative estimate of drug-likeness (QED) is 0.503. The Hall–Kier alpha value is -2.36. The molecule has 0 aliphatic heterocycles. The summed E-state index contributed by atoms with van der Waals surface area (Å²) in [6.45, 7) is 2.06. The van der Waals surface area contributed by atoms with Crippen LogP contribution in [0.15, 0.2) is 36.5 Å². The standard InChI is InChI=1S/C15H17N3O/c1-3-14-13(10-4-6-12(16)7-5-10)8-11(9-18-14)15(17)19-2/h4-9,17H,3,16H2,1-2H3. The molecule has 1 aromatic carbocycles. The number of rotatable bonds is 3. The van der Waals surface area contributed by atoms with E-state index in [1.165, 1.54) is 7.11 Å². The van der Waals surface area contributed by atoms with E-state index < -0.39 is 0 Å². The maximum Gasteiger partial charge on any atom is 0.214 e. The van der Waals surface area contributed by atoms with Gasteiger partial charge in [-0.1, -0.05) is 19.1 Å². The predicted octanol–water partition coefficient (Wildman–Crippen LogP) is 2.86. The van der Waals surface area contributed by atoms with Crippen LogP contribution in [-0.2, 0) is 11.2 Å². The molecule has 0 unspecified atom stereocenters. The number of hydrogen-bond acceptors (Lipinski definition) is 4. The lowest BCUT2D eigenvalue weighted by atomic mass is 10.0. The van der Waals surface area contributed by atoms with Gasteiger partial charge in [0.05, 0.1) is 12.7 Å². The van der Waals surface area contributed by atoms with Crippen molar-refractivity contribution in [2.24, 2.45) is 0 Å². The Morgan fingerprint density at radius 1 is 1.32 bits per heavy atom. The Morgan fingerprint density at radius 2 is 2.00 bits per heavy atom. The van der Waals surface area contributed by atoms with Gasteiger partial charge in [-0.15, -0.1) is 0 Å². The fraction of sp³-hybridized carbons (Fsp3) is 0.200. The number of nitrogen functional groups attached to an aromatic ring is 1. The number of nitrogens with one attached hydrogen (secondary N) is 1. The number of ether oxygens (including phenoxy) is 1. The third-order valence-electron chi connectivity index (χ3n) is 2.99. The SMILES string of the molecule is CCc1ncc(C(=N)OC)cc1-c1ccc(N)cc1. The molecule has 2 rings (SSSR count). The first-order chi connectivity index (χ1) is 9.15. The molecule has 3 N–H and O–H groups in total. The molecule has 1 heterocycles. The van der Waals surface area contributed by atoms with Crippen molar-refractivity contribution in [3.8, 4) is 11.1 Å². The zero-order chi connectivity index (χ0) is 13.8. The van der Waals surface area contributed by atoms with E-state index in [0.29, 0.717) is 5.56 Å². The minimum absolute atomic E-state index is 0.117. The van der Waals surface area contributed by atoms with Crippen LogP contribution >= 0.6 is 0 Å². The van der Waals surface area contributed by atoms with Crippen LogP contribution in [-0.4, -0.2) is 18.0 Å². The number of aromatic nitrogens is 1. The first-order valence-corrected chi connectivity index (χ1v) is 6.13. The summed E-state index contributed by atoms with van der Waals surface area (Å²) in [5, 5.41) is 7.72. The van der Waals surface area contributed by atoms with Gasteiger partial charge in [0.15, 0.2) is 0 Å². The minimum Gasteiger partial charge on any atom is -0.481 e. The van der Waals surface area contributed by atoms with Crippen molar-refractivity contribution in [1.82, 2.24) is 4.98 Å². The number of anilines is 1. The van der Waals surface area contributed by atoms with Gasteiger partial charge in [-0.25, -0.2) is 0 Å². The molecule has 0 aliphatic carbocycles. The van der Waals surface area contributed by atoms with E-state index >= 15 is 0 Å². The topological polar surface area (TPSA) is 72.0 Å². The van der Waals surface area contributed by atoms with Gasteiger partial charge in [0, 0.05) is 23.1 Å². The van der Waals surface area contributed by atoms with Crippen LogP contribution in [0.1, 0.15) is 18.2 Å². The monoisotopic (exact) mass is 255 g/mol. The zero-order valence-corrected chi connectivity index (χ0v) is 11.1. The number of hydrogen-bond donors (Lipinski definition) is 2. The summed E-state index contributed by atoms with van der Waals surface area (Å²) < 4.78 is 4.94. The van der Waals surface area contributed by atoms with Gasteiger partial charge in [0.25, 0.3) is 0 Å². The number of nitrogens with zero attached hydrogens (tertiary/aromatic N) is 1. The second-order valence-electron chi connectivity index (χ2n) is 4.23. The van der Waals surface area contributed by atoms with Crippen LogP contribution in [0.5, 0.6) is 0 Å². The fourth-order valence-corrected chi connectivity index (χ4v) is 1.93. The lowest BCUT2D eigenvalue weighted by Crippen LogP contribution is -2.04. The molecule has 2 aromatic rings. The van der Waals surface area contributed by atoms with Crippen molar-refractivity contribution in [2.75, 3.05) is 12.8 Å². The van der Waals surface area contributed by atoms with Gasteiger partial charge in [-0.2, -0.15) is 0 Å². The second kappa shape index (κ2) is 5.52. The highest BCUT2D eigenvalue weighted by molar-refractivity contribution is 5.92. The van der Waals surface area contributed by atoms with E-state index in [0.717, 1.165) is 28.9 Å². The molecule has 1 aromatic heterocycles. The van der Waals surface area contributed by atoms with E-state index in [-0.39, 0.29) is 5.90 Å². The Kier molecular flexibility index (Phi) is 3.80. The van der Waals surface area contributed by atoms with Crippen LogP contribution in [0.25, 0.3) is 11.1 Å². The summed E-state index contributed by atoms with van der Waals surface area (Å²) in [5.41, 5.74) is 10.2. The van der Waals surface area contributed by atoms with E-state index in [1.807, 2.05) is 30.3 Å². The third kappa shape index (κ3) is 2.73. The number of nitrogens with two attached hydrogens (primary N) is 1. The highest BCUT2D eigenvalue weighted by Crippen LogP contribution is 2.25. The van der Waals surface area contributed by atoms with Crippen molar-refractivity contribution in [3.05, 3.63) is 47.8 Å². The molecule has 0 saturated heterocycles. The first-order valence-electron chi connectivity index (χ1n) is 6.13. The second-order valence-corrected chi connectivity index (χ2v) is 4.23. The van der Waals surface area contributed by atoms with Gasteiger partial charge in [-0.05, 0) is 30.2 Å². The van der Waals surface area contributed by atoms with Crippen molar-refractivity contribution in [2.45, 2.75) is 13.3 Å². The smallest absolute Gasteiger partial charge is 0.214 e. The summed E-state index contributed by atoms with van der Waals surface area (Å²) in [6.07, 6.45) is 2.51. The molecule has 0 saturated carbocycles. The van der Waals surface area contributed by atoms with Gasteiger partial charge >= 0.3 is 0 Å². The molecule has 0 bridgehead atoms. The Bertz CT molecular complexity index is 591. The number of benzene rings is 1. The van der Waals surface area contributed by atoms with Gasteiger partial charge in [0.1, 0.15) is 0 Å². The Balaban J connectivity index is 2.52. The van der Waals surface area contributed by atoms with Crippen LogP contribution in [0.4, 0.5) is 5.69 Å². The fourth-order valence-electron chi connectivity index (χ4n) is 1.93. The molecule has 0 radical (unpaired) electrons. The van der Waals surface area contributed by atoms with Crippen molar-refractivity contribution >= 4 is 11.6 Å². The number of methoxy groups -OCH3 is 1. The third-order valence-corrected chi connectivity index (χ3v) is 2.99. The summed E-state index contributed by atoms with van der Waals surface area (Å²) in [6, 6.07) is 9.59. The zero-order valence-electron chi connectivity index (χ0n) is 11.1. The highest BCUT2D eigenvalue weighted by atomic mass is 16.5. The van der Waals surface area contributed by atoms with Crippen LogP contribution < -0.4 is 5.73 Å². The Morgan fingerprint density at radius 3 is 2.58 bits per heavy atom. The first kappa shape index (κ1) is 13.1. The molecule has 0 amide bonds. The molecule has 19 heavy (non-hydrogen) atoms. The van der Waals surface area contributed by atoms with Gasteiger partial charge in [-0.3, -0.25) is 10.4 Å². The lowest BCUT2D eigenvalue weighted by molar-refractivity contribution is 0.401. The van der Waals surface area contributed by atoms with Gasteiger partial charge in [0.2, 0.25) is 5.90 Å². The predicted molar refractivity (Wildman–Crippen MR) is 77.3 cm³/mol. The summed E-state index contributed by atoms with van der Waals surface area (Å²) in [4.78, 5) is 4.41. The molecular weight excluding hydrogens is 238 g/mol. The van der Waals surface area contributed by atoms with Crippen molar-refractivity contribution < 1.29 is 4.74 Å². The molecule has 0 fully saturated rings. The number of pyridine rings is 1. The maximum atomic E-state index is 7.72. The summed E-state index contributed by atoms with van der Waals surface area (Å²) in [7, 11) is 1.49. The highest BCUT2D eigenvalue weighted by Gasteiger charge is 2.09. The van der Waals surface area contributed by atoms with E-state index in [2.05, 4.69) is 11.9 Å². The molecule has 98 valence electrons. The lowest BCUT2D eigenvalue weighted by Gasteiger charge is -2.10. The van der Waals surface area contributed by atoms with E-state index in [4.69, 9.17) is 15.9 Å². The molecule has 0 spiro atoms. The largest absolute Gasteiger partial charge is 0.481 e. The Labute approximate surface area is 112 Å². The number of aryl methyl sites for hydroxylation is 1. The molecular formula is C15H17N3O.